The maximum absolute atomic E-state index is 13.1. The summed E-state index contributed by atoms with van der Waals surface area (Å²) in [6.45, 7) is 2.83. The summed E-state index contributed by atoms with van der Waals surface area (Å²) < 4.78 is 5.63. The lowest BCUT2D eigenvalue weighted by molar-refractivity contribution is -0.122. The number of rotatable bonds is 4. The number of likely N-dealkylation sites (N-methyl/N-ethyl adjacent to an activating group) is 1. The third-order valence-electron chi connectivity index (χ3n) is 4.82. The largest absolute Gasteiger partial charge is 0.497 e. The first kappa shape index (κ1) is 18.7. The second kappa shape index (κ2) is 7.41. The first-order chi connectivity index (χ1) is 13.5. The van der Waals surface area contributed by atoms with Crippen LogP contribution in [0.15, 0.2) is 53.4 Å². The van der Waals surface area contributed by atoms with E-state index in [0.717, 1.165) is 22.6 Å². The van der Waals surface area contributed by atoms with Gasteiger partial charge in [-0.2, -0.15) is 0 Å². The number of nitrogens with zero attached hydrogens (tertiary/aromatic N) is 2. The number of carbonyl (C=O) groups excluding carboxylic acids is 2. The zero-order valence-electron chi connectivity index (χ0n) is 15.5. The van der Waals surface area contributed by atoms with Crippen molar-refractivity contribution in [3.63, 3.8) is 0 Å². The van der Waals surface area contributed by atoms with E-state index in [9.17, 15) is 9.59 Å². The Hall–Kier alpha value is -2.64. The van der Waals surface area contributed by atoms with Crippen molar-refractivity contribution in [1.29, 1.82) is 0 Å². The van der Waals surface area contributed by atoms with Gasteiger partial charge in [0.15, 0.2) is 0 Å². The molecule has 0 unspecified atom stereocenters. The van der Waals surface area contributed by atoms with E-state index in [1.165, 1.54) is 11.8 Å². The highest BCUT2D eigenvalue weighted by Crippen LogP contribution is 2.44. The molecule has 142 valence electrons. The first-order valence-corrected chi connectivity index (χ1v) is 10.1. The molecule has 0 N–H and O–H groups in total. The van der Waals surface area contributed by atoms with Gasteiger partial charge in [-0.1, -0.05) is 54.3 Å². The normalized spacial score (nSPS) is 18.9. The van der Waals surface area contributed by atoms with E-state index in [4.69, 9.17) is 17.0 Å². The molecule has 0 aliphatic carbocycles. The molecule has 2 aliphatic heterocycles. The van der Waals surface area contributed by atoms with E-state index in [2.05, 4.69) is 0 Å². The van der Waals surface area contributed by atoms with Crippen molar-refractivity contribution in [2.24, 2.45) is 0 Å². The van der Waals surface area contributed by atoms with Gasteiger partial charge in [0.25, 0.3) is 11.8 Å². The number of thiocarbonyl (C=S) groups is 1. The van der Waals surface area contributed by atoms with Gasteiger partial charge in [0.2, 0.25) is 0 Å². The van der Waals surface area contributed by atoms with Gasteiger partial charge < -0.3 is 9.64 Å². The molecule has 2 amide bonds. The quantitative estimate of drug-likeness (QED) is 0.566. The van der Waals surface area contributed by atoms with E-state index in [1.54, 1.807) is 16.9 Å². The van der Waals surface area contributed by atoms with Gasteiger partial charge in [0, 0.05) is 12.1 Å². The molecule has 0 aromatic heterocycles. The fraction of sp³-hybridized carbons (Fsp3) is 0.190. The van der Waals surface area contributed by atoms with Crippen LogP contribution < -0.4 is 9.64 Å². The van der Waals surface area contributed by atoms with Gasteiger partial charge in [-0.05, 0) is 30.7 Å². The molecule has 0 saturated carbocycles. The van der Waals surface area contributed by atoms with E-state index in [0.29, 0.717) is 27.9 Å². The first-order valence-electron chi connectivity index (χ1n) is 8.87. The summed E-state index contributed by atoms with van der Waals surface area (Å²) in [6, 6.07) is 15.1. The van der Waals surface area contributed by atoms with Crippen LogP contribution in [0.1, 0.15) is 18.1 Å². The van der Waals surface area contributed by atoms with Crippen molar-refractivity contribution in [3.8, 4) is 5.75 Å². The van der Waals surface area contributed by atoms with Gasteiger partial charge >= 0.3 is 0 Å². The smallest absolute Gasteiger partial charge is 0.267 e. The van der Waals surface area contributed by atoms with Crippen LogP contribution in [0.25, 0.3) is 5.57 Å². The topological polar surface area (TPSA) is 49.9 Å². The minimum absolute atomic E-state index is 0.145. The second-order valence-corrected chi connectivity index (χ2v) is 8.02. The predicted octanol–water partition coefficient (Wildman–Crippen LogP) is 3.83. The Bertz CT molecular complexity index is 1010. The Morgan fingerprint density at radius 3 is 2.39 bits per heavy atom. The number of benzene rings is 2. The number of ether oxygens (including phenoxy) is 1. The third-order valence-corrected chi connectivity index (χ3v) is 6.26. The lowest BCUT2D eigenvalue weighted by Gasteiger charge is -2.15. The molecule has 0 bridgehead atoms. The molecular weight excluding hydrogens is 392 g/mol. The summed E-state index contributed by atoms with van der Waals surface area (Å²) in [5.74, 6) is 0.389. The maximum Gasteiger partial charge on any atom is 0.267 e. The number of para-hydroxylation sites is 1. The van der Waals surface area contributed by atoms with E-state index in [-0.39, 0.29) is 11.8 Å². The van der Waals surface area contributed by atoms with Crippen molar-refractivity contribution in [2.45, 2.75) is 13.5 Å². The van der Waals surface area contributed by atoms with E-state index >= 15 is 0 Å². The highest BCUT2D eigenvalue weighted by molar-refractivity contribution is 8.26. The summed E-state index contributed by atoms with van der Waals surface area (Å²) in [5.41, 5.74) is 3.02. The van der Waals surface area contributed by atoms with Crippen LogP contribution in [0.3, 0.4) is 0 Å². The molecule has 2 aromatic carbocycles. The van der Waals surface area contributed by atoms with Crippen LogP contribution in [-0.2, 0) is 16.1 Å². The zero-order valence-corrected chi connectivity index (χ0v) is 17.1. The number of methoxy groups -OCH3 is 1. The van der Waals surface area contributed by atoms with Crippen LogP contribution in [0.2, 0.25) is 0 Å². The molecule has 2 aromatic rings. The molecular formula is C21H18N2O3S2. The maximum atomic E-state index is 13.1. The molecule has 1 saturated heterocycles. The summed E-state index contributed by atoms with van der Waals surface area (Å²) in [5, 5.41) is 0. The predicted molar refractivity (Wildman–Crippen MR) is 115 cm³/mol. The number of hydrogen-bond donors (Lipinski definition) is 0. The Morgan fingerprint density at radius 1 is 1.00 bits per heavy atom. The monoisotopic (exact) mass is 410 g/mol. The summed E-state index contributed by atoms with van der Waals surface area (Å²) in [4.78, 5) is 29.8. The van der Waals surface area contributed by atoms with Crippen LogP contribution >= 0.6 is 24.0 Å². The molecule has 0 radical (unpaired) electrons. The number of carbonyl (C=O) groups is 2. The Balaban J connectivity index is 1.69. The Morgan fingerprint density at radius 2 is 1.71 bits per heavy atom. The molecule has 0 atom stereocenters. The number of fused-ring (bicyclic) bond motifs is 1. The summed E-state index contributed by atoms with van der Waals surface area (Å²) in [6.07, 6.45) is 0. The SMILES string of the molecule is CCN1C(=O)/C(=C2\SC(=S)N(Cc3ccc(OC)cc3)C2=O)c2ccccc21. The van der Waals surface area contributed by atoms with Crippen LogP contribution in [0, 0.1) is 0 Å². The standard InChI is InChI=1S/C21H18N2O3S2/c1-3-22-16-7-5-4-6-15(16)17(19(22)24)18-20(25)23(21(27)28-18)12-13-8-10-14(26-2)11-9-13/h4-11H,3,12H2,1-2H3/b18-17-. The molecule has 4 rings (SSSR count). The van der Waals surface area contributed by atoms with Crippen LogP contribution in [0.4, 0.5) is 5.69 Å². The minimum atomic E-state index is -0.220. The van der Waals surface area contributed by atoms with Crippen molar-refractivity contribution < 1.29 is 14.3 Å². The molecule has 5 nitrogen and oxygen atoms in total. The summed E-state index contributed by atoms with van der Waals surface area (Å²) >= 11 is 6.66. The average molecular weight is 411 g/mol. The molecule has 2 heterocycles. The fourth-order valence-electron chi connectivity index (χ4n) is 3.41. The lowest BCUT2D eigenvalue weighted by Crippen LogP contribution is -2.29. The van der Waals surface area contributed by atoms with Crippen molar-refractivity contribution >= 4 is 51.4 Å². The van der Waals surface area contributed by atoms with Crippen molar-refractivity contribution in [2.75, 3.05) is 18.6 Å². The van der Waals surface area contributed by atoms with Gasteiger partial charge in [0.05, 0.1) is 29.8 Å². The number of thioether (sulfide) groups is 1. The van der Waals surface area contributed by atoms with Crippen LogP contribution in [-0.4, -0.2) is 34.7 Å². The van der Waals surface area contributed by atoms with E-state index < -0.39 is 0 Å². The number of hydrogen-bond acceptors (Lipinski definition) is 5. The van der Waals surface area contributed by atoms with Gasteiger partial charge in [-0.3, -0.25) is 14.5 Å². The highest BCUT2D eigenvalue weighted by atomic mass is 32.2. The third kappa shape index (κ3) is 3.00. The molecule has 2 aliphatic rings. The lowest BCUT2D eigenvalue weighted by atomic mass is 10.1. The minimum Gasteiger partial charge on any atom is -0.497 e. The highest BCUT2D eigenvalue weighted by Gasteiger charge is 2.41. The number of anilines is 1. The van der Waals surface area contributed by atoms with Gasteiger partial charge in [-0.15, -0.1) is 0 Å². The van der Waals surface area contributed by atoms with Gasteiger partial charge in [-0.25, -0.2) is 0 Å². The van der Waals surface area contributed by atoms with Crippen LogP contribution in [0.5, 0.6) is 5.75 Å². The fourth-order valence-corrected chi connectivity index (χ4v) is 4.74. The van der Waals surface area contributed by atoms with Crippen molar-refractivity contribution in [1.82, 2.24) is 4.90 Å². The van der Waals surface area contributed by atoms with E-state index in [1.807, 2.05) is 55.5 Å². The summed E-state index contributed by atoms with van der Waals surface area (Å²) in [7, 11) is 1.61. The Labute approximate surface area is 173 Å². The van der Waals surface area contributed by atoms with Crippen molar-refractivity contribution in [3.05, 3.63) is 64.6 Å². The molecule has 28 heavy (non-hydrogen) atoms. The Kier molecular flexibility index (Phi) is 4.95. The second-order valence-electron chi connectivity index (χ2n) is 6.38. The molecule has 0 spiro atoms. The number of amides is 2. The molecule has 1 fully saturated rings. The molecule has 7 heteroatoms. The van der Waals surface area contributed by atoms with Gasteiger partial charge in [0.1, 0.15) is 10.1 Å². The average Bonchev–Trinajstić information content (AvgIpc) is 3.15. The zero-order chi connectivity index (χ0) is 19.8.